The molecule has 1 aromatic carbocycles. The van der Waals surface area contributed by atoms with E-state index in [1.54, 1.807) is 19.2 Å². The van der Waals surface area contributed by atoms with Gasteiger partial charge in [0.15, 0.2) is 11.1 Å². The highest BCUT2D eigenvalue weighted by Gasteiger charge is 2.67. The van der Waals surface area contributed by atoms with Gasteiger partial charge in [0, 0.05) is 23.6 Å². The molecule has 1 fully saturated rings. The minimum atomic E-state index is -0.948. The highest BCUT2D eigenvalue weighted by atomic mass is 16.6. The largest absolute Gasteiger partial charge is 0.481 e. The Morgan fingerprint density at radius 2 is 2.00 bits per heavy atom. The summed E-state index contributed by atoms with van der Waals surface area (Å²) in [5.74, 6) is -0.0389. The molecule has 3 rings (SSSR count). The van der Waals surface area contributed by atoms with E-state index in [9.17, 15) is 9.59 Å². The number of methoxy groups -OCH3 is 1. The van der Waals surface area contributed by atoms with E-state index in [0.717, 1.165) is 0 Å². The van der Waals surface area contributed by atoms with Crippen LogP contribution in [0.4, 0.5) is 10.5 Å². The maximum absolute atomic E-state index is 12.7. The summed E-state index contributed by atoms with van der Waals surface area (Å²) in [6.45, 7) is 8.09. The molecule has 1 aliphatic heterocycles. The average molecular weight is 373 g/mol. The van der Waals surface area contributed by atoms with Gasteiger partial charge in [0.25, 0.3) is 0 Å². The van der Waals surface area contributed by atoms with Crippen LogP contribution in [0.2, 0.25) is 0 Å². The summed E-state index contributed by atoms with van der Waals surface area (Å²) in [4.78, 5) is 29.4. The van der Waals surface area contributed by atoms with Crippen LogP contribution >= 0.6 is 0 Å². The van der Waals surface area contributed by atoms with Gasteiger partial charge in [0.2, 0.25) is 5.90 Å². The Labute approximate surface area is 159 Å². The Kier molecular flexibility index (Phi) is 4.66. The molecule has 2 N–H and O–H groups in total. The maximum Gasteiger partial charge on any atom is 0.335 e. The van der Waals surface area contributed by atoms with E-state index in [2.05, 4.69) is 15.6 Å². The number of urea groups is 1. The molecule has 7 heteroatoms. The Morgan fingerprint density at radius 3 is 2.59 bits per heavy atom. The summed E-state index contributed by atoms with van der Waals surface area (Å²) < 4.78 is 11.3. The minimum Gasteiger partial charge on any atom is -0.481 e. The molecule has 1 saturated carbocycles. The third-order valence-corrected chi connectivity index (χ3v) is 5.60. The number of ether oxygens (including phenoxy) is 2. The van der Waals surface area contributed by atoms with Crippen LogP contribution < -0.4 is 10.6 Å². The van der Waals surface area contributed by atoms with Crippen LogP contribution in [-0.2, 0) is 14.3 Å². The van der Waals surface area contributed by atoms with Crippen LogP contribution in [0, 0.1) is 11.3 Å². The predicted molar refractivity (Wildman–Crippen MR) is 103 cm³/mol. The molecule has 27 heavy (non-hydrogen) atoms. The van der Waals surface area contributed by atoms with Gasteiger partial charge in [-0.1, -0.05) is 39.0 Å². The molecule has 0 radical (unpaired) electrons. The van der Waals surface area contributed by atoms with E-state index in [-0.39, 0.29) is 23.3 Å². The minimum absolute atomic E-state index is 0.110. The molecular formula is C20H27N3O4. The Hall–Kier alpha value is -2.57. The van der Waals surface area contributed by atoms with Crippen molar-refractivity contribution in [3.8, 4) is 0 Å². The molecule has 0 unspecified atom stereocenters. The summed E-state index contributed by atoms with van der Waals surface area (Å²) in [5.41, 5.74) is -1.53. The van der Waals surface area contributed by atoms with Gasteiger partial charge in [0.05, 0.1) is 7.11 Å². The van der Waals surface area contributed by atoms with Gasteiger partial charge in [-0.25, -0.2) is 14.6 Å². The summed E-state index contributed by atoms with van der Waals surface area (Å²) in [6.07, 6.45) is 0.532. The van der Waals surface area contributed by atoms with Crippen LogP contribution in [0.5, 0.6) is 0 Å². The fourth-order valence-corrected chi connectivity index (χ4v) is 3.22. The Morgan fingerprint density at radius 1 is 1.33 bits per heavy atom. The zero-order valence-electron chi connectivity index (χ0n) is 16.5. The lowest BCUT2D eigenvalue weighted by Gasteiger charge is -2.44. The molecule has 1 aromatic rings. The van der Waals surface area contributed by atoms with Crippen molar-refractivity contribution in [3.05, 3.63) is 30.3 Å². The van der Waals surface area contributed by atoms with Gasteiger partial charge in [-0.3, -0.25) is 0 Å². The number of esters is 1. The second-order valence-corrected chi connectivity index (χ2v) is 8.32. The quantitative estimate of drug-likeness (QED) is 0.797. The van der Waals surface area contributed by atoms with Gasteiger partial charge in [-0.05, 0) is 25.5 Å². The zero-order valence-corrected chi connectivity index (χ0v) is 16.5. The summed E-state index contributed by atoms with van der Waals surface area (Å²) in [5, 5.41) is 5.55. The molecule has 0 aromatic heterocycles. The van der Waals surface area contributed by atoms with E-state index in [0.29, 0.717) is 24.6 Å². The fourth-order valence-electron chi connectivity index (χ4n) is 3.22. The lowest BCUT2D eigenvalue weighted by molar-refractivity contribution is -0.168. The number of anilines is 1. The molecule has 0 saturated heterocycles. The number of amides is 2. The number of benzene rings is 1. The van der Waals surface area contributed by atoms with Crippen LogP contribution in [0.25, 0.3) is 0 Å². The Balaban J connectivity index is 1.66. The van der Waals surface area contributed by atoms with Crippen LogP contribution in [0.3, 0.4) is 0 Å². The van der Waals surface area contributed by atoms with Crippen LogP contribution in [0.15, 0.2) is 35.3 Å². The molecular weight excluding hydrogens is 346 g/mol. The fraction of sp³-hybridized carbons (Fsp3) is 0.550. The average Bonchev–Trinajstić information content (AvgIpc) is 3.30. The molecule has 0 bridgehead atoms. The number of rotatable bonds is 3. The SMILES string of the molecule is COC1=N[C@@]2(C[C@@H]2CNC(=O)Nc2ccccc2)C(=O)O[C@@]1(C)C(C)(C)C. The monoisotopic (exact) mass is 373 g/mol. The van der Waals surface area contributed by atoms with Crippen molar-refractivity contribution in [3.63, 3.8) is 0 Å². The van der Waals surface area contributed by atoms with E-state index in [4.69, 9.17) is 9.47 Å². The van der Waals surface area contributed by atoms with Crippen molar-refractivity contribution in [2.75, 3.05) is 19.0 Å². The van der Waals surface area contributed by atoms with Crippen LogP contribution in [-0.4, -0.2) is 42.7 Å². The number of aliphatic imine (C=N–C) groups is 1. The molecule has 3 atom stereocenters. The third-order valence-electron chi connectivity index (χ3n) is 5.60. The third kappa shape index (κ3) is 3.38. The lowest BCUT2D eigenvalue weighted by Crippen LogP contribution is -2.57. The number of hydrogen-bond acceptors (Lipinski definition) is 5. The first kappa shape index (κ1) is 19.2. The first-order valence-electron chi connectivity index (χ1n) is 9.10. The first-order chi connectivity index (χ1) is 12.6. The molecule has 2 amide bonds. The number of nitrogens with zero attached hydrogens (tertiary/aromatic N) is 1. The van der Waals surface area contributed by atoms with Gasteiger partial charge >= 0.3 is 12.0 Å². The first-order valence-corrected chi connectivity index (χ1v) is 9.10. The van der Waals surface area contributed by atoms with E-state index in [1.807, 2.05) is 45.9 Å². The highest BCUT2D eigenvalue weighted by molar-refractivity contribution is 5.99. The van der Waals surface area contributed by atoms with Gasteiger partial charge in [0.1, 0.15) is 0 Å². The molecule has 2 aliphatic rings. The topological polar surface area (TPSA) is 89.0 Å². The Bertz CT molecular complexity index is 771. The van der Waals surface area contributed by atoms with Crippen molar-refractivity contribution in [2.45, 2.75) is 45.3 Å². The highest BCUT2D eigenvalue weighted by Crippen LogP contribution is 2.53. The zero-order chi connectivity index (χ0) is 19.9. The van der Waals surface area contributed by atoms with Crippen molar-refractivity contribution < 1.29 is 19.1 Å². The predicted octanol–water partition coefficient (Wildman–Crippen LogP) is 2.97. The van der Waals surface area contributed by atoms with Gasteiger partial charge in [-0.2, -0.15) is 0 Å². The maximum atomic E-state index is 12.7. The van der Waals surface area contributed by atoms with E-state index in [1.165, 1.54) is 0 Å². The number of hydrogen-bond donors (Lipinski definition) is 2. The molecule has 1 heterocycles. The standard InChI is InChI=1S/C20H27N3O4/c1-18(2,3)19(4)15(26-5)23-20(16(24)27-19)11-13(20)12-21-17(25)22-14-9-7-6-8-10-14/h6-10,13H,11-12H2,1-5H3,(H2,21,22,25)/t13-,19-,20-/m1/s1. The summed E-state index contributed by atoms with van der Waals surface area (Å²) >= 11 is 0. The number of cyclic esters (lactones) is 1. The number of para-hydroxylation sites is 1. The molecule has 1 aliphatic carbocycles. The number of carbonyl (C=O) groups is 2. The molecule has 7 nitrogen and oxygen atoms in total. The van der Waals surface area contributed by atoms with Crippen molar-refractivity contribution in [1.29, 1.82) is 0 Å². The number of carbonyl (C=O) groups excluding carboxylic acids is 2. The number of nitrogens with one attached hydrogen (secondary N) is 2. The lowest BCUT2D eigenvalue weighted by atomic mass is 9.76. The second kappa shape index (κ2) is 6.55. The second-order valence-electron chi connectivity index (χ2n) is 8.32. The van der Waals surface area contributed by atoms with Gasteiger partial charge in [-0.15, -0.1) is 0 Å². The van der Waals surface area contributed by atoms with Crippen molar-refractivity contribution >= 4 is 23.6 Å². The normalized spacial score (nSPS) is 29.6. The summed E-state index contributed by atoms with van der Waals surface area (Å²) in [7, 11) is 1.54. The van der Waals surface area contributed by atoms with Gasteiger partial charge < -0.3 is 20.1 Å². The van der Waals surface area contributed by atoms with Crippen molar-refractivity contribution in [1.82, 2.24) is 5.32 Å². The van der Waals surface area contributed by atoms with Crippen molar-refractivity contribution in [2.24, 2.45) is 16.3 Å². The molecule has 1 spiro atoms. The smallest absolute Gasteiger partial charge is 0.335 e. The molecule has 146 valence electrons. The van der Waals surface area contributed by atoms with E-state index >= 15 is 0 Å². The summed E-state index contributed by atoms with van der Waals surface area (Å²) in [6, 6.07) is 8.86. The van der Waals surface area contributed by atoms with E-state index < -0.39 is 11.1 Å². The van der Waals surface area contributed by atoms with Crippen LogP contribution in [0.1, 0.15) is 34.1 Å².